The molecule has 0 spiro atoms. The van der Waals surface area contributed by atoms with Crippen molar-refractivity contribution in [1.82, 2.24) is 4.90 Å². The van der Waals surface area contributed by atoms with Gasteiger partial charge in [-0.05, 0) is 50.7 Å². The summed E-state index contributed by atoms with van der Waals surface area (Å²) in [6.45, 7) is 2.78. The van der Waals surface area contributed by atoms with Gasteiger partial charge in [-0.15, -0.1) is 0 Å². The van der Waals surface area contributed by atoms with Crippen molar-refractivity contribution in [2.75, 3.05) is 6.54 Å². The van der Waals surface area contributed by atoms with Crippen LogP contribution in [0, 0.1) is 0 Å². The molecule has 3 heteroatoms. The van der Waals surface area contributed by atoms with E-state index in [1.165, 1.54) is 62.7 Å². The van der Waals surface area contributed by atoms with Crippen LogP contribution in [-0.2, 0) is 0 Å². The molecule has 0 aliphatic carbocycles. The van der Waals surface area contributed by atoms with Gasteiger partial charge in [0.25, 0.3) is 11.8 Å². The van der Waals surface area contributed by atoms with Gasteiger partial charge in [0.1, 0.15) is 0 Å². The molecule has 29 heavy (non-hydrogen) atoms. The minimum Gasteiger partial charge on any atom is -0.274 e. The molecule has 0 atom stereocenters. The van der Waals surface area contributed by atoms with Gasteiger partial charge in [0, 0.05) is 6.54 Å². The summed E-state index contributed by atoms with van der Waals surface area (Å²) < 4.78 is 0. The number of rotatable bonds is 15. The van der Waals surface area contributed by atoms with Gasteiger partial charge in [0.05, 0.1) is 11.1 Å². The zero-order valence-electron chi connectivity index (χ0n) is 18.1. The van der Waals surface area contributed by atoms with Crippen LogP contribution in [0.15, 0.2) is 48.6 Å². The van der Waals surface area contributed by atoms with Crippen molar-refractivity contribution in [3.05, 3.63) is 59.7 Å². The summed E-state index contributed by atoms with van der Waals surface area (Å²) in [5, 5.41) is 0. The molecule has 1 heterocycles. The Bertz CT molecular complexity index is 655. The fraction of sp³-hybridized carbons (Fsp3) is 0.538. The molecule has 3 nitrogen and oxygen atoms in total. The lowest BCUT2D eigenvalue weighted by Crippen LogP contribution is -2.30. The van der Waals surface area contributed by atoms with Crippen molar-refractivity contribution >= 4 is 11.8 Å². The van der Waals surface area contributed by atoms with Crippen LogP contribution in [0.4, 0.5) is 0 Å². The van der Waals surface area contributed by atoms with Gasteiger partial charge < -0.3 is 0 Å². The van der Waals surface area contributed by atoms with E-state index in [9.17, 15) is 9.59 Å². The smallest absolute Gasteiger partial charge is 0.261 e. The lowest BCUT2D eigenvalue weighted by atomic mass is 10.1. The van der Waals surface area contributed by atoms with Crippen molar-refractivity contribution in [1.29, 1.82) is 0 Å². The maximum Gasteiger partial charge on any atom is 0.261 e. The number of benzene rings is 1. The number of allylic oxidation sites excluding steroid dienone is 4. The first kappa shape index (κ1) is 23.1. The van der Waals surface area contributed by atoms with Crippen molar-refractivity contribution in [3.63, 3.8) is 0 Å². The van der Waals surface area contributed by atoms with Crippen molar-refractivity contribution < 1.29 is 9.59 Å². The third kappa shape index (κ3) is 8.00. The van der Waals surface area contributed by atoms with E-state index in [4.69, 9.17) is 0 Å². The largest absolute Gasteiger partial charge is 0.274 e. The number of unbranched alkanes of at least 4 members (excludes halogenated alkanes) is 9. The van der Waals surface area contributed by atoms with Gasteiger partial charge >= 0.3 is 0 Å². The van der Waals surface area contributed by atoms with Crippen LogP contribution in [0.3, 0.4) is 0 Å². The molecule has 0 saturated heterocycles. The number of imide groups is 1. The second kappa shape index (κ2) is 13.9. The van der Waals surface area contributed by atoms with Crippen LogP contribution in [-0.4, -0.2) is 23.3 Å². The highest BCUT2D eigenvalue weighted by Gasteiger charge is 2.34. The van der Waals surface area contributed by atoms with Crippen LogP contribution in [0.25, 0.3) is 0 Å². The van der Waals surface area contributed by atoms with Gasteiger partial charge in [0.2, 0.25) is 0 Å². The highest BCUT2D eigenvalue weighted by Crippen LogP contribution is 2.23. The summed E-state index contributed by atoms with van der Waals surface area (Å²) in [7, 11) is 0. The average Bonchev–Trinajstić information content (AvgIpc) is 2.98. The lowest BCUT2D eigenvalue weighted by molar-refractivity contribution is 0.0651. The summed E-state index contributed by atoms with van der Waals surface area (Å²) in [4.78, 5) is 26.0. The monoisotopic (exact) mass is 395 g/mol. The molecule has 1 aromatic rings. The molecule has 1 aliphatic heterocycles. The quantitative estimate of drug-likeness (QED) is 0.180. The van der Waals surface area contributed by atoms with Crippen molar-refractivity contribution in [2.45, 2.75) is 84.0 Å². The van der Waals surface area contributed by atoms with E-state index in [-0.39, 0.29) is 11.8 Å². The summed E-state index contributed by atoms with van der Waals surface area (Å²) in [6.07, 6.45) is 23.4. The zero-order valence-corrected chi connectivity index (χ0v) is 18.1. The standard InChI is InChI=1S/C26H37NO2/c1-2-3-4-5-6-7-8-9-10-11-12-13-14-15-16-19-22-27-25(28)23-20-17-18-21-24(23)26(27)29/h6-7,9-10,17-18,20-21H,2-5,8,11-16,19,22H2,1H3/b7-6-,10-9-. The van der Waals surface area contributed by atoms with E-state index in [0.29, 0.717) is 17.7 Å². The SMILES string of the molecule is CCCCC/C=C\C/C=C\CCCCCCCCN1C(=O)c2ccccc2C1=O. The van der Waals surface area contributed by atoms with E-state index in [1.807, 2.05) is 12.1 Å². The predicted molar refractivity (Wildman–Crippen MR) is 121 cm³/mol. The van der Waals surface area contributed by atoms with E-state index < -0.39 is 0 Å². The molecule has 0 N–H and O–H groups in total. The number of fused-ring (bicyclic) bond motifs is 1. The van der Waals surface area contributed by atoms with E-state index in [1.54, 1.807) is 12.1 Å². The minimum absolute atomic E-state index is 0.131. The number of carbonyl (C=O) groups excluding carboxylic acids is 2. The van der Waals surface area contributed by atoms with E-state index in [0.717, 1.165) is 19.3 Å². The Kier molecular flexibility index (Phi) is 11.1. The second-order valence-corrected chi connectivity index (χ2v) is 7.89. The van der Waals surface area contributed by atoms with Gasteiger partial charge in [-0.1, -0.05) is 81.9 Å². The van der Waals surface area contributed by atoms with Crippen LogP contribution < -0.4 is 0 Å². The number of hydrogen-bond acceptors (Lipinski definition) is 2. The number of hydrogen-bond donors (Lipinski definition) is 0. The molecule has 2 amide bonds. The maximum absolute atomic E-state index is 12.3. The summed E-state index contributed by atoms with van der Waals surface area (Å²) in [5.41, 5.74) is 1.11. The van der Waals surface area contributed by atoms with Gasteiger partial charge in [0.15, 0.2) is 0 Å². The first-order chi connectivity index (χ1) is 14.3. The zero-order chi connectivity index (χ0) is 20.7. The van der Waals surface area contributed by atoms with Crippen LogP contribution in [0.1, 0.15) is 105 Å². The normalized spacial score (nSPS) is 13.9. The molecule has 0 fully saturated rings. The fourth-order valence-corrected chi connectivity index (χ4v) is 3.70. The Morgan fingerprint density at radius 1 is 0.690 bits per heavy atom. The molecule has 0 bridgehead atoms. The van der Waals surface area contributed by atoms with Gasteiger partial charge in [-0.3, -0.25) is 14.5 Å². The number of carbonyl (C=O) groups is 2. The topological polar surface area (TPSA) is 37.4 Å². The molecule has 1 aliphatic rings. The van der Waals surface area contributed by atoms with Crippen molar-refractivity contribution in [2.24, 2.45) is 0 Å². The Labute approximate surface area is 176 Å². The molecule has 158 valence electrons. The number of nitrogens with zero attached hydrogens (tertiary/aromatic N) is 1. The average molecular weight is 396 g/mol. The van der Waals surface area contributed by atoms with Crippen LogP contribution in [0.5, 0.6) is 0 Å². The Hall–Kier alpha value is -2.16. The predicted octanol–water partition coefficient (Wildman–Crippen LogP) is 7.10. The van der Waals surface area contributed by atoms with Gasteiger partial charge in [-0.25, -0.2) is 0 Å². The Morgan fingerprint density at radius 2 is 1.21 bits per heavy atom. The van der Waals surface area contributed by atoms with Crippen LogP contribution >= 0.6 is 0 Å². The molecular formula is C26H37NO2. The molecule has 0 radical (unpaired) electrons. The second-order valence-electron chi connectivity index (χ2n) is 7.89. The molecule has 0 saturated carbocycles. The highest BCUT2D eigenvalue weighted by atomic mass is 16.2. The molecule has 2 rings (SSSR count). The molecule has 0 unspecified atom stereocenters. The summed E-state index contributed by atoms with van der Waals surface area (Å²) >= 11 is 0. The third-order valence-electron chi connectivity index (χ3n) is 5.46. The van der Waals surface area contributed by atoms with Gasteiger partial charge in [-0.2, -0.15) is 0 Å². The lowest BCUT2D eigenvalue weighted by Gasteiger charge is -2.13. The Morgan fingerprint density at radius 3 is 1.79 bits per heavy atom. The van der Waals surface area contributed by atoms with E-state index >= 15 is 0 Å². The first-order valence-electron chi connectivity index (χ1n) is 11.5. The minimum atomic E-state index is -0.131. The summed E-state index contributed by atoms with van der Waals surface area (Å²) in [6, 6.07) is 7.12. The maximum atomic E-state index is 12.3. The molecular weight excluding hydrogens is 358 g/mol. The third-order valence-corrected chi connectivity index (χ3v) is 5.46. The fourth-order valence-electron chi connectivity index (χ4n) is 3.70. The van der Waals surface area contributed by atoms with E-state index in [2.05, 4.69) is 31.2 Å². The molecule has 0 aromatic heterocycles. The first-order valence-corrected chi connectivity index (χ1v) is 11.5. The number of amides is 2. The molecule has 1 aromatic carbocycles. The van der Waals surface area contributed by atoms with Crippen molar-refractivity contribution in [3.8, 4) is 0 Å². The highest BCUT2D eigenvalue weighted by molar-refractivity contribution is 6.21. The summed E-state index contributed by atoms with van der Waals surface area (Å²) in [5.74, 6) is -0.263. The Balaban J connectivity index is 1.44. The van der Waals surface area contributed by atoms with Crippen LogP contribution in [0.2, 0.25) is 0 Å².